The van der Waals surface area contributed by atoms with Gasteiger partial charge in [-0.05, 0) is 18.4 Å². The van der Waals surface area contributed by atoms with Gasteiger partial charge in [0.1, 0.15) is 6.04 Å². The molecule has 0 saturated heterocycles. The van der Waals surface area contributed by atoms with E-state index >= 15 is 0 Å². The molecule has 1 unspecified atom stereocenters. The molecule has 0 aromatic carbocycles. The Kier molecular flexibility index (Phi) is 3.74. The first kappa shape index (κ1) is 10.8. The Balaban J connectivity index is 0.000000461. The van der Waals surface area contributed by atoms with Gasteiger partial charge in [-0.3, -0.25) is 0 Å². The van der Waals surface area contributed by atoms with Crippen molar-refractivity contribution in [3.63, 3.8) is 0 Å². The van der Waals surface area contributed by atoms with Gasteiger partial charge < -0.3 is 10.4 Å². The van der Waals surface area contributed by atoms with Gasteiger partial charge in [0.25, 0.3) is 0 Å². The average Bonchev–Trinajstić information content (AvgIpc) is 2.64. The van der Waals surface area contributed by atoms with Crippen LogP contribution in [0.3, 0.4) is 0 Å². The molecule has 3 heteroatoms. The SMILES string of the molecule is CC.O=C(O)C1CC2=C(CCC=C2)N1. The summed E-state index contributed by atoms with van der Waals surface area (Å²) in [5.74, 6) is -0.752. The predicted octanol–water partition coefficient (Wildman–Crippen LogP) is 2.06. The summed E-state index contributed by atoms with van der Waals surface area (Å²) >= 11 is 0. The highest BCUT2D eigenvalue weighted by Crippen LogP contribution is 2.26. The smallest absolute Gasteiger partial charge is 0.326 e. The van der Waals surface area contributed by atoms with E-state index in [4.69, 9.17) is 5.11 Å². The van der Waals surface area contributed by atoms with E-state index in [1.54, 1.807) is 0 Å². The molecule has 2 aliphatic rings. The minimum atomic E-state index is -0.752. The molecular weight excluding hydrogens is 178 g/mol. The van der Waals surface area contributed by atoms with E-state index in [0.717, 1.165) is 18.5 Å². The highest BCUT2D eigenvalue weighted by molar-refractivity contribution is 5.75. The van der Waals surface area contributed by atoms with Crippen LogP contribution in [0.15, 0.2) is 23.4 Å². The van der Waals surface area contributed by atoms with Crippen LogP contribution in [0.4, 0.5) is 0 Å². The number of carboxylic acid groups (broad SMARTS) is 1. The molecule has 1 atom stereocenters. The van der Waals surface area contributed by atoms with Crippen LogP contribution < -0.4 is 5.32 Å². The fourth-order valence-electron chi connectivity index (χ4n) is 1.70. The number of hydrogen-bond acceptors (Lipinski definition) is 2. The topological polar surface area (TPSA) is 49.3 Å². The van der Waals surface area contributed by atoms with Crippen molar-refractivity contribution >= 4 is 5.97 Å². The maximum Gasteiger partial charge on any atom is 0.326 e. The summed E-state index contributed by atoms with van der Waals surface area (Å²) in [6.45, 7) is 4.00. The zero-order valence-corrected chi connectivity index (χ0v) is 8.71. The van der Waals surface area contributed by atoms with E-state index in [-0.39, 0.29) is 0 Å². The van der Waals surface area contributed by atoms with E-state index in [0.29, 0.717) is 6.42 Å². The quantitative estimate of drug-likeness (QED) is 0.673. The molecule has 0 aromatic rings. The zero-order valence-electron chi connectivity index (χ0n) is 8.71. The van der Waals surface area contributed by atoms with Crippen molar-refractivity contribution in [2.75, 3.05) is 0 Å². The van der Waals surface area contributed by atoms with Gasteiger partial charge in [0.15, 0.2) is 0 Å². The number of nitrogens with one attached hydrogen (secondary N) is 1. The summed E-state index contributed by atoms with van der Waals surface area (Å²) in [6, 6.07) is -0.391. The minimum absolute atomic E-state index is 0.391. The molecule has 0 saturated carbocycles. The summed E-state index contributed by atoms with van der Waals surface area (Å²) in [5, 5.41) is 11.8. The number of hydrogen-bond donors (Lipinski definition) is 2. The molecule has 0 fully saturated rings. The summed E-state index contributed by atoms with van der Waals surface area (Å²) in [6.07, 6.45) is 6.77. The molecule has 0 bridgehead atoms. The third-order valence-electron chi connectivity index (χ3n) is 2.34. The molecule has 2 rings (SSSR count). The van der Waals surface area contributed by atoms with Gasteiger partial charge in [-0.2, -0.15) is 0 Å². The van der Waals surface area contributed by atoms with E-state index < -0.39 is 12.0 Å². The molecule has 1 aliphatic carbocycles. The Morgan fingerprint density at radius 3 is 2.86 bits per heavy atom. The number of rotatable bonds is 1. The van der Waals surface area contributed by atoms with Gasteiger partial charge in [-0.15, -0.1) is 0 Å². The van der Waals surface area contributed by atoms with Gasteiger partial charge in [0, 0.05) is 12.1 Å². The minimum Gasteiger partial charge on any atom is -0.480 e. The Bertz CT molecular complexity index is 279. The van der Waals surface area contributed by atoms with Crippen molar-refractivity contribution in [2.24, 2.45) is 0 Å². The Hall–Kier alpha value is -1.25. The predicted molar refractivity (Wildman–Crippen MR) is 55.9 cm³/mol. The van der Waals surface area contributed by atoms with Gasteiger partial charge in [0.05, 0.1) is 0 Å². The monoisotopic (exact) mass is 195 g/mol. The zero-order chi connectivity index (χ0) is 10.6. The standard InChI is InChI=1S/C9H11NO2.C2H6/c11-9(12)8-5-6-3-1-2-4-7(6)10-8;1-2/h1,3,8,10H,2,4-5H2,(H,11,12);1-2H3. The lowest BCUT2D eigenvalue weighted by molar-refractivity contribution is -0.138. The van der Waals surface area contributed by atoms with Crippen LogP contribution in [0, 0.1) is 0 Å². The molecule has 1 heterocycles. The van der Waals surface area contributed by atoms with Crippen LogP contribution >= 0.6 is 0 Å². The number of allylic oxidation sites excluding steroid dienone is 3. The van der Waals surface area contributed by atoms with Gasteiger partial charge >= 0.3 is 5.97 Å². The highest BCUT2D eigenvalue weighted by atomic mass is 16.4. The van der Waals surface area contributed by atoms with Gasteiger partial charge in [-0.1, -0.05) is 26.0 Å². The Labute approximate surface area is 84.5 Å². The van der Waals surface area contributed by atoms with E-state index in [2.05, 4.69) is 11.4 Å². The maximum absolute atomic E-state index is 10.6. The third-order valence-corrected chi connectivity index (χ3v) is 2.34. The number of carbonyl (C=O) groups is 1. The third kappa shape index (κ3) is 2.16. The van der Waals surface area contributed by atoms with Crippen molar-refractivity contribution in [1.29, 1.82) is 0 Å². The Morgan fingerprint density at radius 2 is 2.29 bits per heavy atom. The van der Waals surface area contributed by atoms with Crippen molar-refractivity contribution < 1.29 is 9.90 Å². The van der Waals surface area contributed by atoms with Crippen LogP contribution in [0.5, 0.6) is 0 Å². The van der Waals surface area contributed by atoms with E-state index in [1.807, 2.05) is 19.9 Å². The van der Waals surface area contributed by atoms with Crippen LogP contribution in [0.2, 0.25) is 0 Å². The second-order valence-corrected chi connectivity index (χ2v) is 3.18. The lowest BCUT2D eigenvalue weighted by atomic mass is 10.0. The van der Waals surface area contributed by atoms with E-state index in [1.165, 1.54) is 5.57 Å². The van der Waals surface area contributed by atoms with Gasteiger partial charge in [0.2, 0.25) is 0 Å². The molecule has 1 aliphatic heterocycles. The second-order valence-electron chi connectivity index (χ2n) is 3.18. The lowest BCUT2D eigenvalue weighted by Gasteiger charge is -2.08. The van der Waals surface area contributed by atoms with E-state index in [9.17, 15) is 4.79 Å². The molecular formula is C11H17NO2. The molecule has 2 N–H and O–H groups in total. The first-order valence-corrected chi connectivity index (χ1v) is 5.15. The average molecular weight is 195 g/mol. The second kappa shape index (κ2) is 4.84. The van der Waals surface area contributed by atoms with Crippen LogP contribution in [0.1, 0.15) is 33.1 Å². The van der Waals surface area contributed by atoms with Crippen molar-refractivity contribution in [1.82, 2.24) is 5.32 Å². The van der Waals surface area contributed by atoms with Crippen molar-refractivity contribution in [2.45, 2.75) is 39.2 Å². The van der Waals surface area contributed by atoms with Crippen molar-refractivity contribution in [3.05, 3.63) is 23.4 Å². The molecule has 0 amide bonds. The largest absolute Gasteiger partial charge is 0.480 e. The first-order valence-electron chi connectivity index (χ1n) is 5.15. The lowest BCUT2D eigenvalue weighted by Crippen LogP contribution is -2.31. The highest BCUT2D eigenvalue weighted by Gasteiger charge is 2.27. The van der Waals surface area contributed by atoms with Crippen molar-refractivity contribution in [3.8, 4) is 0 Å². The number of carboxylic acids is 1. The Morgan fingerprint density at radius 1 is 1.57 bits per heavy atom. The fourth-order valence-corrected chi connectivity index (χ4v) is 1.70. The first-order chi connectivity index (χ1) is 6.77. The molecule has 0 spiro atoms. The van der Waals surface area contributed by atoms with Crippen LogP contribution in [-0.2, 0) is 4.79 Å². The summed E-state index contributed by atoms with van der Waals surface area (Å²) in [7, 11) is 0. The number of aliphatic carboxylic acids is 1. The molecule has 14 heavy (non-hydrogen) atoms. The fraction of sp³-hybridized carbons (Fsp3) is 0.545. The summed E-state index contributed by atoms with van der Waals surface area (Å²) in [5.41, 5.74) is 2.30. The maximum atomic E-state index is 10.6. The normalized spacial score (nSPS) is 23.4. The summed E-state index contributed by atoms with van der Waals surface area (Å²) < 4.78 is 0. The molecule has 78 valence electrons. The summed E-state index contributed by atoms with van der Waals surface area (Å²) in [4.78, 5) is 10.6. The molecule has 0 radical (unpaired) electrons. The molecule has 3 nitrogen and oxygen atoms in total. The van der Waals surface area contributed by atoms with Gasteiger partial charge in [-0.25, -0.2) is 4.79 Å². The molecule has 0 aromatic heterocycles. The van der Waals surface area contributed by atoms with Crippen LogP contribution in [-0.4, -0.2) is 17.1 Å². The van der Waals surface area contributed by atoms with Crippen LogP contribution in [0.25, 0.3) is 0 Å².